The van der Waals surface area contributed by atoms with Crippen molar-refractivity contribution in [2.45, 2.75) is 19.9 Å². The van der Waals surface area contributed by atoms with Gasteiger partial charge in [-0.2, -0.15) is 0 Å². The predicted octanol–water partition coefficient (Wildman–Crippen LogP) is 2.14. The molecule has 0 saturated carbocycles. The molecule has 4 heteroatoms. The molecule has 0 aliphatic heterocycles. The first kappa shape index (κ1) is 15.8. The van der Waals surface area contributed by atoms with E-state index in [1.807, 2.05) is 12.1 Å². The lowest BCUT2D eigenvalue weighted by molar-refractivity contribution is 0.321. The maximum Gasteiger partial charge on any atom is 0.161 e. The molecule has 0 heterocycles. The largest absolute Gasteiger partial charge is 0.493 e. The minimum Gasteiger partial charge on any atom is -0.493 e. The minimum absolute atomic E-state index is 0.776. The van der Waals surface area contributed by atoms with Gasteiger partial charge in [-0.05, 0) is 37.7 Å². The fourth-order valence-corrected chi connectivity index (χ4v) is 1.94. The van der Waals surface area contributed by atoms with E-state index in [-0.39, 0.29) is 0 Å². The summed E-state index contributed by atoms with van der Waals surface area (Å²) in [7, 11) is 5.45. The first-order valence-corrected chi connectivity index (χ1v) is 6.81. The molecule has 0 fully saturated rings. The molecule has 0 spiro atoms. The van der Waals surface area contributed by atoms with Crippen LogP contribution in [0, 0.1) is 0 Å². The van der Waals surface area contributed by atoms with E-state index in [2.05, 4.69) is 30.3 Å². The first-order valence-electron chi connectivity index (χ1n) is 6.81. The number of likely N-dealkylation sites (N-methyl/N-ethyl adjacent to an activating group) is 1. The highest BCUT2D eigenvalue weighted by atomic mass is 16.5. The van der Waals surface area contributed by atoms with Crippen LogP contribution in [0.5, 0.6) is 11.5 Å². The molecule has 0 unspecified atom stereocenters. The van der Waals surface area contributed by atoms with Crippen molar-refractivity contribution in [3.8, 4) is 11.5 Å². The third-order valence-corrected chi connectivity index (χ3v) is 3.00. The Hall–Kier alpha value is -1.26. The number of hydrogen-bond acceptors (Lipinski definition) is 4. The van der Waals surface area contributed by atoms with Gasteiger partial charge in [0.25, 0.3) is 0 Å². The van der Waals surface area contributed by atoms with E-state index in [0.29, 0.717) is 0 Å². The Morgan fingerprint density at radius 3 is 2.47 bits per heavy atom. The molecule has 0 aliphatic carbocycles. The molecule has 1 aromatic carbocycles. The second kappa shape index (κ2) is 8.77. The van der Waals surface area contributed by atoms with Crippen molar-refractivity contribution in [1.82, 2.24) is 10.2 Å². The average molecular weight is 266 g/mol. The minimum atomic E-state index is 0.776. The molecule has 1 N–H and O–H groups in total. The number of nitrogens with zero attached hydrogens (tertiary/aromatic N) is 1. The maximum absolute atomic E-state index is 5.32. The molecule has 0 aliphatic rings. The van der Waals surface area contributed by atoms with E-state index in [9.17, 15) is 0 Å². The predicted molar refractivity (Wildman–Crippen MR) is 79.0 cm³/mol. The highest BCUT2D eigenvalue weighted by molar-refractivity contribution is 5.42. The molecule has 0 amide bonds. The lowest BCUT2D eigenvalue weighted by atomic mass is 10.2. The lowest BCUT2D eigenvalue weighted by Gasteiger charge is -2.18. The van der Waals surface area contributed by atoms with Gasteiger partial charge in [0.05, 0.1) is 14.2 Å². The fraction of sp³-hybridized carbons (Fsp3) is 0.600. The summed E-state index contributed by atoms with van der Waals surface area (Å²) in [5.74, 6) is 1.57. The Kier molecular flexibility index (Phi) is 7.30. The van der Waals surface area contributed by atoms with E-state index >= 15 is 0 Å². The molecular weight excluding hydrogens is 240 g/mol. The molecule has 1 aromatic rings. The number of nitrogens with one attached hydrogen (secondary N) is 1. The smallest absolute Gasteiger partial charge is 0.161 e. The number of rotatable bonds is 9. The van der Waals surface area contributed by atoms with Gasteiger partial charge < -0.3 is 19.7 Å². The van der Waals surface area contributed by atoms with Crippen LogP contribution >= 0.6 is 0 Å². The van der Waals surface area contributed by atoms with Crippen LogP contribution in [0.1, 0.15) is 18.9 Å². The fourth-order valence-electron chi connectivity index (χ4n) is 1.94. The Morgan fingerprint density at radius 1 is 1.11 bits per heavy atom. The summed E-state index contributed by atoms with van der Waals surface area (Å²) < 4.78 is 10.6. The topological polar surface area (TPSA) is 33.7 Å². The van der Waals surface area contributed by atoms with Crippen molar-refractivity contribution in [2.75, 3.05) is 40.9 Å². The molecule has 0 aromatic heterocycles. The zero-order valence-corrected chi connectivity index (χ0v) is 12.5. The Morgan fingerprint density at radius 2 is 1.84 bits per heavy atom. The third kappa shape index (κ3) is 5.49. The van der Waals surface area contributed by atoms with Gasteiger partial charge in [0, 0.05) is 19.6 Å². The Balaban J connectivity index is 2.47. The van der Waals surface area contributed by atoms with Crippen LogP contribution in [0.4, 0.5) is 0 Å². The zero-order chi connectivity index (χ0) is 14.1. The number of ether oxygens (including phenoxy) is 2. The SMILES string of the molecule is CCCNCCN(C)Cc1ccc(OC)c(OC)c1. The van der Waals surface area contributed by atoms with Crippen molar-refractivity contribution < 1.29 is 9.47 Å². The average Bonchev–Trinajstić information content (AvgIpc) is 2.43. The van der Waals surface area contributed by atoms with Crippen molar-refractivity contribution in [1.29, 1.82) is 0 Å². The normalized spacial score (nSPS) is 10.8. The highest BCUT2D eigenvalue weighted by Crippen LogP contribution is 2.27. The van der Waals surface area contributed by atoms with E-state index in [4.69, 9.17) is 9.47 Å². The number of hydrogen-bond donors (Lipinski definition) is 1. The van der Waals surface area contributed by atoms with E-state index < -0.39 is 0 Å². The quantitative estimate of drug-likeness (QED) is 0.694. The molecule has 0 bridgehead atoms. The van der Waals surface area contributed by atoms with Gasteiger partial charge in [0.2, 0.25) is 0 Å². The molecule has 0 saturated heterocycles. The molecule has 19 heavy (non-hydrogen) atoms. The summed E-state index contributed by atoms with van der Waals surface area (Å²) in [6, 6.07) is 6.07. The van der Waals surface area contributed by atoms with Gasteiger partial charge in [0.15, 0.2) is 11.5 Å². The van der Waals surface area contributed by atoms with Crippen molar-refractivity contribution in [3.05, 3.63) is 23.8 Å². The number of methoxy groups -OCH3 is 2. The van der Waals surface area contributed by atoms with Crippen molar-refractivity contribution in [2.24, 2.45) is 0 Å². The Bertz CT molecular complexity index is 369. The van der Waals surface area contributed by atoms with Crippen molar-refractivity contribution in [3.63, 3.8) is 0 Å². The van der Waals surface area contributed by atoms with E-state index in [1.165, 1.54) is 12.0 Å². The van der Waals surface area contributed by atoms with Gasteiger partial charge in [-0.15, -0.1) is 0 Å². The molecule has 0 radical (unpaired) electrons. The van der Waals surface area contributed by atoms with Gasteiger partial charge >= 0.3 is 0 Å². The molecule has 0 atom stereocenters. The summed E-state index contributed by atoms with van der Waals surface area (Å²) >= 11 is 0. The summed E-state index contributed by atoms with van der Waals surface area (Å²) in [6.07, 6.45) is 1.18. The zero-order valence-electron chi connectivity index (χ0n) is 12.5. The molecular formula is C15H26N2O2. The van der Waals surface area contributed by atoms with E-state index in [0.717, 1.165) is 37.7 Å². The monoisotopic (exact) mass is 266 g/mol. The summed E-state index contributed by atoms with van der Waals surface area (Å²) in [5.41, 5.74) is 1.23. The highest BCUT2D eigenvalue weighted by Gasteiger charge is 2.06. The van der Waals surface area contributed by atoms with Crippen LogP contribution in [-0.2, 0) is 6.54 Å². The van der Waals surface area contributed by atoms with Crippen LogP contribution in [0.3, 0.4) is 0 Å². The number of benzene rings is 1. The summed E-state index contributed by atoms with van der Waals surface area (Å²) in [6.45, 7) is 6.24. The van der Waals surface area contributed by atoms with Gasteiger partial charge in [-0.25, -0.2) is 0 Å². The standard InChI is InChI=1S/C15H26N2O2/c1-5-8-16-9-10-17(2)12-13-6-7-14(18-3)15(11-13)19-4/h6-7,11,16H,5,8-10,12H2,1-4H3. The third-order valence-electron chi connectivity index (χ3n) is 3.00. The van der Waals surface area contributed by atoms with Crippen LogP contribution in [-0.4, -0.2) is 45.8 Å². The van der Waals surface area contributed by atoms with Crippen LogP contribution in [0.25, 0.3) is 0 Å². The second-order valence-electron chi connectivity index (χ2n) is 4.68. The second-order valence-corrected chi connectivity index (χ2v) is 4.68. The van der Waals surface area contributed by atoms with Crippen LogP contribution in [0.2, 0.25) is 0 Å². The van der Waals surface area contributed by atoms with Crippen LogP contribution < -0.4 is 14.8 Å². The Labute approximate surface area is 116 Å². The van der Waals surface area contributed by atoms with Crippen LogP contribution in [0.15, 0.2) is 18.2 Å². The van der Waals surface area contributed by atoms with Gasteiger partial charge in [-0.1, -0.05) is 13.0 Å². The van der Waals surface area contributed by atoms with Gasteiger partial charge in [0.1, 0.15) is 0 Å². The van der Waals surface area contributed by atoms with E-state index in [1.54, 1.807) is 14.2 Å². The van der Waals surface area contributed by atoms with Crippen molar-refractivity contribution >= 4 is 0 Å². The molecule has 108 valence electrons. The summed E-state index contributed by atoms with van der Waals surface area (Å²) in [4.78, 5) is 2.30. The maximum atomic E-state index is 5.32. The first-order chi connectivity index (χ1) is 9.21. The summed E-state index contributed by atoms with van der Waals surface area (Å²) in [5, 5.41) is 3.41. The van der Waals surface area contributed by atoms with Gasteiger partial charge in [-0.3, -0.25) is 0 Å². The molecule has 1 rings (SSSR count). The lowest BCUT2D eigenvalue weighted by Crippen LogP contribution is -2.29. The molecule has 4 nitrogen and oxygen atoms in total.